The summed E-state index contributed by atoms with van der Waals surface area (Å²) in [4.78, 5) is 30.2. The number of hydrogen-bond acceptors (Lipinski definition) is 6. The van der Waals surface area contributed by atoms with Gasteiger partial charge in [-0.2, -0.15) is 0 Å². The van der Waals surface area contributed by atoms with Gasteiger partial charge in [-0.15, -0.1) is 11.8 Å². The van der Waals surface area contributed by atoms with E-state index in [1.54, 1.807) is 48.5 Å². The number of anilines is 1. The lowest BCUT2D eigenvalue weighted by Crippen LogP contribution is -2.52. The van der Waals surface area contributed by atoms with E-state index < -0.39 is 28.5 Å². The van der Waals surface area contributed by atoms with Gasteiger partial charge in [-0.1, -0.05) is 62.7 Å². The van der Waals surface area contributed by atoms with Crippen LogP contribution >= 0.6 is 11.8 Å². The van der Waals surface area contributed by atoms with Gasteiger partial charge in [-0.05, 0) is 74.4 Å². The van der Waals surface area contributed by atoms with Gasteiger partial charge in [0.1, 0.15) is 18.3 Å². The van der Waals surface area contributed by atoms with E-state index in [4.69, 9.17) is 4.74 Å². The molecular formula is C33H43N3O5S2. The van der Waals surface area contributed by atoms with Crippen molar-refractivity contribution in [1.82, 2.24) is 10.2 Å². The van der Waals surface area contributed by atoms with Crippen LogP contribution in [0.3, 0.4) is 0 Å². The first-order valence-electron chi connectivity index (χ1n) is 14.5. The number of para-hydroxylation sites is 2. The van der Waals surface area contributed by atoms with Gasteiger partial charge in [0.2, 0.25) is 11.8 Å². The Kier molecular flexibility index (Phi) is 12.5. The lowest BCUT2D eigenvalue weighted by molar-refractivity contribution is -0.140. The Balaban J connectivity index is 2.10. The summed E-state index contributed by atoms with van der Waals surface area (Å²) in [5, 5.41) is 2.96. The number of sulfonamides is 1. The van der Waals surface area contributed by atoms with Crippen molar-refractivity contribution in [3.05, 3.63) is 83.9 Å². The third-order valence-electron chi connectivity index (χ3n) is 6.87. The van der Waals surface area contributed by atoms with Crippen LogP contribution in [0.5, 0.6) is 5.75 Å². The number of nitrogens with zero attached hydrogens (tertiary/aromatic N) is 2. The number of amides is 2. The van der Waals surface area contributed by atoms with Crippen molar-refractivity contribution in [1.29, 1.82) is 0 Å². The summed E-state index contributed by atoms with van der Waals surface area (Å²) in [6.45, 7) is 10.0. The summed E-state index contributed by atoms with van der Waals surface area (Å²) in [6.07, 6.45) is 2.27. The first-order valence-corrected chi connectivity index (χ1v) is 17.2. The van der Waals surface area contributed by atoms with Gasteiger partial charge in [0.15, 0.2) is 0 Å². The molecule has 3 rings (SSSR count). The molecule has 0 bridgehead atoms. The predicted octanol–water partition coefficient (Wildman–Crippen LogP) is 5.89. The fourth-order valence-corrected chi connectivity index (χ4v) is 6.51. The number of benzene rings is 3. The smallest absolute Gasteiger partial charge is 0.264 e. The zero-order chi connectivity index (χ0) is 31.6. The molecule has 10 heteroatoms. The van der Waals surface area contributed by atoms with E-state index in [0.717, 1.165) is 20.3 Å². The van der Waals surface area contributed by atoms with Crippen molar-refractivity contribution in [3.63, 3.8) is 0 Å². The van der Waals surface area contributed by atoms with Gasteiger partial charge >= 0.3 is 0 Å². The Morgan fingerprint density at radius 1 is 0.977 bits per heavy atom. The summed E-state index contributed by atoms with van der Waals surface area (Å²) >= 11 is 1.51. The number of rotatable bonds is 15. The van der Waals surface area contributed by atoms with E-state index in [-0.39, 0.29) is 29.0 Å². The molecule has 0 spiro atoms. The maximum Gasteiger partial charge on any atom is 0.264 e. The van der Waals surface area contributed by atoms with Crippen molar-refractivity contribution < 1.29 is 22.7 Å². The van der Waals surface area contributed by atoms with Crippen LogP contribution in [0.2, 0.25) is 0 Å². The minimum absolute atomic E-state index is 0.0522. The van der Waals surface area contributed by atoms with Crippen LogP contribution in [0, 0.1) is 12.8 Å². The Labute approximate surface area is 260 Å². The highest BCUT2D eigenvalue weighted by atomic mass is 32.2. The molecule has 1 unspecified atom stereocenters. The van der Waals surface area contributed by atoms with Gasteiger partial charge in [-0.25, -0.2) is 8.42 Å². The second-order valence-corrected chi connectivity index (χ2v) is 13.4. The number of nitrogens with one attached hydrogen (secondary N) is 1. The van der Waals surface area contributed by atoms with Gasteiger partial charge < -0.3 is 15.0 Å². The quantitative estimate of drug-likeness (QED) is 0.212. The van der Waals surface area contributed by atoms with Crippen LogP contribution in [0.25, 0.3) is 0 Å². The van der Waals surface area contributed by atoms with E-state index >= 15 is 0 Å². The largest absolute Gasteiger partial charge is 0.492 e. The Bertz CT molecular complexity index is 1480. The lowest BCUT2D eigenvalue weighted by atomic mass is 10.1. The lowest BCUT2D eigenvalue weighted by Gasteiger charge is -2.33. The fourth-order valence-electron chi connectivity index (χ4n) is 4.68. The molecule has 1 N–H and O–H groups in total. The Morgan fingerprint density at radius 3 is 2.28 bits per heavy atom. The minimum Gasteiger partial charge on any atom is -0.492 e. The van der Waals surface area contributed by atoms with Gasteiger partial charge in [0, 0.05) is 18.0 Å². The van der Waals surface area contributed by atoms with Crippen LogP contribution in [0.4, 0.5) is 5.69 Å². The van der Waals surface area contributed by atoms with E-state index in [0.29, 0.717) is 25.3 Å². The van der Waals surface area contributed by atoms with Crippen LogP contribution in [0.15, 0.2) is 82.6 Å². The number of carbonyl (C=O) groups excluding carboxylic acids is 2. The molecule has 0 saturated carbocycles. The SMILES string of the molecule is CCOc1ccccc1N(CC(=O)N(Cc1cccc(C)c1)C(CC)C(=O)NCC(C)C)S(=O)(=O)c1ccc(SC)cc1. The molecule has 0 fully saturated rings. The Morgan fingerprint density at radius 2 is 1.67 bits per heavy atom. The normalized spacial score (nSPS) is 12.1. The molecule has 1 atom stereocenters. The zero-order valence-corrected chi connectivity index (χ0v) is 27.5. The monoisotopic (exact) mass is 625 g/mol. The van der Waals surface area contributed by atoms with Gasteiger partial charge in [-0.3, -0.25) is 13.9 Å². The molecule has 3 aromatic carbocycles. The summed E-state index contributed by atoms with van der Waals surface area (Å²) < 4.78 is 35.3. The summed E-state index contributed by atoms with van der Waals surface area (Å²) in [5.74, 6) is -0.192. The summed E-state index contributed by atoms with van der Waals surface area (Å²) in [7, 11) is -4.21. The van der Waals surface area contributed by atoms with Crippen molar-refractivity contribution in [3.8, 4) is 5.75 Å². The third-order valence-corrected chi connectivity index (χ3v) is 9.38. The van der Waals surface area contributed by atoms with Crippen molar-refractivity contribution >= 4 is 39.3 Å². The molecule has 8 nitrogen and oxygen atoms in total. The molecule has 0 aliphatic carbocycles. The standard InChI is InChI=1S/C33H43N3O5S2/c1-7-29(33(38)34-21-24(3)4)35(22-26-13-11-12-25(5)20-26)32(37)23-36(30-14-9-10-15-31(30)41-8-2)43(39,40)28-18-16-27(42-6)17-19-28/h9-20,24,29H,7-8,21-23H2,1-6H3,(H,34,38). The number of thioether (sulfide) groups is 1. The Hall–Kier alpha value is -3.50. The van der Waals surface area contributed by atoms with E-state index in [1.165, 1.54) is 16.7 Å². The molecule has 43 heavy (non-hydrogen) atoms. The first-order chi connectivity index (χ1) is 20.5. The highest BCUT2D eigenvalue weighted by Crippen LogP contribution is 2.33. The molecule has 3 aromatic rings. The second-order valence-electron chi connectivity index (χ2n) is 10.7. The molecule has 0 radical (unpaired) electrons. The average Bonchev–Trinajstić information content (AvgIpc) is 2.99. The first kappa shape index (κ1) is 34.0. The van der Waals surface area contributed by atoms with Crippen LogP contribution < -0.4 is 14.4 Å². The molecule has 0 aromatic heterocycles. The predicted molar refractivity (Wildman–Crippen MR) is 174 cm³/mol. The van der Waals surface area contributed by atoms with Gasteiger partial charge in [0.25, 0.3) is 10.0 Å². The molecule has 0 heterocycles. The maximum atomic E-state index is 14.3. The molecular weight excluding hydrogens is 583 g/mol. The third kappa shape index (κ3) is 9.00. The average molecular weight is 626 g/mol. The summed E-state index contributed by atoms with van der Waals surface area (Å²) in [5.41, 5.74) is 2.12. The van der Waals surface area contributed by atoms with Crippen LogP contribution in [-0.4, -0.2) is 57.1 Å². The zero-order valence-electron chi connectivity index (χ0n) is 25.9. The van der Waals surface area contributed by atoms with Gasteiger partial charge in [0.05, 0.1) is 17.2 Å². The highest BCUT2D eigenvalue weighted by molar-refractivity contribution is 7.98. The minimum atomic E-state index is -4.21. The van der Waals surface area contributed by atoms with Crippen molar-refractivity contribution in [2.75, 3.05) is 30.3 Å². The number of hydrogen-bond donors (Lipinski definition) is 1. The van der Waals surface area contributed by atoms with E-state index in [2.05, 4.69) is 5.32 Å². The highest BCUT2D eigenvalue weighted by Gasteiger charge is 2.34. The summed E-state index contributed by atoms with van der Waals surface area (Å²) in [6, 6.07) is 20.3. The molecule has 0 aliphatic rings. The number of carbonyl (C=O) groups is 2. The fraction of sp³-hybridized carbons (Fsp3) is 0.394. The van der Waals surface area contributed by atoms with Crippen molar-refractivity contribution in [2.24, 2.45) is 5.92 Å². The molecule has 0 aliphatic heterocycles. The van der Waals surface area contributed by atoms with Crippen molar-refractivity contribution in [2.45, 2.75) is 63.4 Å². The number of ether oxygens (including phenoxy) is 1. The topological polar surface area (TPSA) is 96.0 Å². The second kappa shape index (κ2) is 15.8. The van der Waals surface area contributed by atoms with Crippen LogP contribution in [0.1, 0.15) is 45.2 Å². The van der Waals surface area contributed by atoms with Crippen LogP contribution in [-0.2, 0) is 26.2 Å². The molecule has 2 amide bonds. The van der Waals surface area contributed by atoms with E-state index in [1.807, 2.05) is 65.1 Å². The number of aryl methyl sites for hydroxylation is 1. The molecule has 232 valence electrons. The van der Waals surface area contributed by atoms with E-state index in [9.17, 15) is 18.0 Å². The maximum absolute atomic E-state index is 14.3. The molecule has 0 saturated heterocycles.